The average Bonchev–Trinajstić information content (AvgIpc) is 3.58. The van der Waals surface area contributed by atoms with Crippen LogP contribution in [0.5, 0.6) is 5.75 Å². The van der Waals surface area contributed by atoms with Crippen LogP contribution < -0.4 is 5.32 Å². The number of aliphatic hydroxyl groups is 1. The number of hydrogen-bond acceptors (Lipinski definition) is 9. The van der Waals surface area contributed by atoms with E-state index in [1.54, 1.807) is 19.9 Å². The molecule has 3 aliphatic rings. The lowest BCUT2D eigenvalue weighted by atomic mass is 9.35. The molecule has 0 radical (unpaired) electrons. The molecule has 52 heavy (non-hydrogen) atoms. The van der Waals surface area contributed by atoms with Crippen molar-refractivity contribution in [2.45, 2.75) is 66.9 Å². The van der Waals surface area contributed by atoms with Crippen LogP contribution in [0.2, 0.25) is 0 Å². The summed E-state index contributed by atoms with van der Waals surface area (Å²) in [4.78, 5) is 61.5. The Balaban J connectivity index is 1.26. The van der Waals surface area contributed by atoms with E-state index in [0.29, 0.717) is 16.3 Å². The summed E-state index contributed by atoms with van der Waals surface area (Å²) >= 11 is 1.35. The van der Waals surface area contributed by atoms with E-state index in [-0.39, 0.29) is 28.5 Å². The Labute approximate surface area is 308 Å². The molecule has 1 unspecified atom stereocenters. The number of Topliss-reactive ketones (excluding diaryl/α,β-unsaturated/α-hetero) is 4. The number of nitrogens with one attached hydrogen (secondary N) is 1. The number of phenolic OH excluding ortho intramolecular Hbond substituents is 1. The van der Waals surface area contributed by atoms with Crippen LogP contribution in [-0.4, -0.2) is 43.9 Å². The standard InChI is InChI=1S/C43H44N2O6S/c1-21(2)34-22(3)32(24(5)46)38(49)43(51)39(50)35-37(48)33-29(23(4)41(35,7)25(6)42(34,43)8)18-19-30(36(33)47)44-40-45-31(20-52-40)28-16-14-27(15-17-28)26-12-10-9-11-13-26/h9-21,23,25,34-35,47,51H,1-8H3,(H,44,45)/t23-,25-,34+,35?,41-,42-,43+/m0/s1. The lowest BCUT2D eigenvalue weighted by molar-refractivity contribution is -0.211. The molecule has 3 aliphatic carbocycles. The van der Waals surface area contributed by atoms with Gasteiger partial charge in [0.05, 0.1) is 28.4 Å². The summed E-state index contributed by atoms with van der Waals surface area (Å²) < 4.78 is 0. The van der Waals surface area contributed by atoms with E-state index in [4.69, 9.17) is 4.98 Å². The molecule has 1 saturated carbocycles. The van der Waals surface area contributed by atoms with Crippen LogP contribution in [0.15, 0.2) is 83.3 Å². The molecule has 3 N–H and O–H groups in total. The second-order valence-electron chi connectivity index (χ2n) is 15.7. The second kappa shape index (κ2) is 12.2. The monoisotopic (exact) mass is 716 g/mol. The molecule has 268 valence electrons. The van der Waals surface area contributed by atoms with Crippen molar-refractivity contribution >= 4 is 45.3 Å². The summed E-state index contributed by atoms with van der Waals surface area (Å²) in [5.74, 6) is -6.33. The highest BCUT2D eigenvalue weighted by Gasteiger charge is 2.77. The van der Waals surface area contributed by atoms with Gasteiger partial charge in [-0.3, -0.25) is 19.2 Å². The number of nitrogens with zero attached hydrogens (tertiary/aromatic N) is 1. The molecule has 9 heteroatoms. The first-order valence-electron chi connectivity index (χ1n) is 17.8. The van der Waals surface area contributed by atoms with Crippen LogP contribution >= 0.6 is 11.3 Å². The number of hydrogen-bond donors (Lipinski definition) is 3. The normalized spacial score (nSPS) is 29.8. The van der Waals surface area contributed by atoms with Crippen molar-refractivity contribution in [1.29, 1.82) is 0 Å². The average molecular weight is 717 g/mol. The molecular weight excluding hydrogens is 673 g/mol. The van der Waals surface area contributed by atoms with Crippen molar-refractivity contribution in [2.75, 3.05) is 5.32 Å². The van der Waals surface area contributed by atoms with Crippen LogP contribution in [0, 0.1) is 34.5 Å². The summed E-state index contributed by atoms with van der Waals surface area (Å²) in [6.07, 6.45) is 0. The Morgan fingerprint density at radius 1 is 0.923 bits per heavy atom. The minimum atomic E-state index is -2.61. The first kappa shape index (κ1) is 35.7. The van der Waals surface area contributed by atoms with E-state index in [2.05, 4.69) is 17.4 Å². The Kier molecular flexibility index (Phi) is 8.35. The lowest BCUT2D eigenvalue weighted by Gasteiger charge is -2.66. The van der Waals surface area contributed by atoms with Gasteiger partial charge in [-0.1, -0.05) is 108 Å². The summed E-state index contributed by atoms with van der Waals surface area (Å²) in [6, 6.07) is 21.7. The minimum Gasteiger partial charge on any atom is -0.505 e. The minimum absolute atomic E-state index is 0.0109. The molecule has 1 fully saturated rings. The highest BCUT2D eigenvalue weighted by atomic mass is 32.1. The highest BCUT2D eigenvalue weighted by Crippen LogP contribution is 2.70. The summed E-state index contributed by atoms with van der Waals surface area (Å²) in [5, 5.41) is 29.9. The quantitative estimate of drug-likeness (QED) is 0.103. The third-order valence-corrected chi connectivity index (χ3v) is 13.8. The fourth-order valence-corrected chi connectivity index (χ4v) is 11.0. The molecular formula is C43H44N2O6S. The number of fused-ring (bicyclic) bond motifs is 3. The number of allylic oxidation sites excluding steroid dienone is 1. The van der Waals surface area contributed by atoms with Gasteiger partial charge in [0, 0.05) is 16.4 Å². The van der Waals surface area contributed by atoms with Crippen molar-refractivity contribution in [3.63, 3.8) is 0 Å². The summed E-state index contributed by atoms with van der Waals surface area (Å²) in [5.41, 5.74) is 0.163. The number of phenols is 1. The van der Waals surface area contributed by atoms with E-state index in [0.717, 1.165) is 22.4 Å². The van der Waals surface area contributed by atoms with Crippen molar-refractivity contribution in [2.24, 2.45) is 34.5 Å². The predicted molar refractivity (Wildman–Crippen MR) is 203 cm³/mol. The van der Waals surface area contributed by atoms with Crippen molar-refractivity contribution in [1.82, 2.24) is 4.98 Å². The number of carbonyl (C=O) groups excluding carboxylic acids is 4. The number of thiazole rings is 1. The topological polar surface area (TPSA) is 134 Å². The zero-order valence-corrected chi connectivity index (χ0v) is 31.5. The second-order valence-corrected chi connectivity index (χ2v) is 16.5. The third kappa shape index (κ3) is 4.64. The first-order valence-corrected chi connectivity index (χ1v) is 18.7. The van der Waals surface area contributed by atoms with E-state index in [1.165, 1.54) is 18.3 Å². The van der Waals surface area contributed by atoms with Gasteiger partial charge in [0.2, 0.25) is 5.78 Å². The Bertz CT molecular complexity index is 2200. The molecule has 3 aromatic carbocycles. The fourth-order valence-electron chi connectivity index (χ4n) is 10.3. The fraction of sp³-hybridized carbons (Fsp3) is 0.372. The van der Waals surface area contributed by atoms with Gasteiger partial charge in [-0.05, 0) is 65.7 Å². The SMILES string of the molecule is CC(=O)C1=C(C)[C@@H](C(C)C)[C@]2(C)[C@@H](C)[C@@]3(C)C(C(=O)c4c(ccc(Nc5nc(-c6ccc(-c7ccccc7)cc6)cs5)c4O)[C@@H]3C)C(=O)[C@]2(O)C1=O. The maximum absolute atomic E-state index is 14.9. The Morgan fingerprint density at radius 2 is 1.54 bits per heavy atom. The van der Waals surface area contributed by atoms with Gasteiger partial charge in [-0.2, -0.15) is 0 Å². The number of aromatic hydroxyl groups is 1. The zero-order chi connectivity index (χ0) is 37.7. The molecule has 7 rings (SSSR count). The maximum atomic E-state index is 14.9. The molecule has 1 aromatic heterocycles. The van der Waals surface area contributed by atoms with E-state index < -0.39 is 63.2 Å². The van der Waals surface area contributed by atoms with Crippen LogP contribution in [0.1, 0.15) is 77.2 Å². The van der Waals surface area contributed by atoms with E-state index in [1.807, 2.05) is 88.5 Å². The highest BCUT2D eigenvalue weighted by molar-refractivity contribution is 7.14. The molecule has 0 amide bonds. The molecule has 8 nitrogen and oxygen atoms in total. The van der Waals surface area contributed by atoms with Gasteiger partial charge in [-0.15, -0.1) is 11.3 Å². The van der Waals surface area contributed by atoms with Gasteiger partial charge >= 0.3 is 0 Å². The van der Waals surface area contributed by atoms with Crippen LogP contribution in [0.25, 0.3) is 22.4 Å². The summed E-state index contributed by atoms with van der Waals surface area (Å²) in [6.45, 7) is 14.5. The molecule has 1 heterocycles. The van der Waals surface area contributed by atoms with Gasteiger partial charge in [-0.25, -0.2) is 4.98 Å². The van der Waals surface area contributed by atoms with Crippen molar-refractivity contribution in [3.8, 4) is 28.1 Å². The number of carbonyl (C=O) groups is 4. The molecule has 4 aromatic rings. The molecule has 0 saturated heterocycles. The number of benzene rings is 3. The number of aromatic nitrogens is 1. The molecule has 0 spiro atoms. The van der Waals surface area contributed by atoms with Gasteiger partial charge < -0.3 is 15.5 Å². The zero-order valence-electron chi connectivity index (χ0n) is 30.7. The lowest BCUT2D eigenvalue weighted by Crippen LogP contribution is -2.77. The molecule has 0 bridgehead atoms. The maximum Gasteiger partial charge on any atom is 0.206 e. The Morgan fingerprint density at radius 3 is 2.15 bits per heavy atom. The van der Waals surface area contributed by atoms with Crippen molar-refractivity contribution in [3.05, 3.63) is 94.4 Å². The van der Waals surface area contributed by atoms with Gasteiger partial charge in [0.15, 0.2) is 28.1 Å². The first-order chi connectivity index (χ1) is 24.5. The van der Waals surface area contributed by atoms with Crippen LogP contribution in [0.4, 0.5) is 10.8 Å². The van der Waals surface area contributed by atoms with E-state index >= 15 is 0 Å². The largest absolute Gasteiger partial charge is 0.505 e. The Hall–Kier alpha value is -4.73. The molecule has 0 aliphatic heterocycles. The number of anilines is 2. The van der Waals surface area contributed by atoms with Gasteiger partial charge in [0.25, 0.3) is 0 Å². The summed E-state index contributed by atoms with van der Waals surface area (Å²) in [7, 11) is 0. The third-order valence-electron chi connectivity index (χ3n) is 13.1. The smallest absolute Gasteiger partial charge is 0.206 e. The van der Waals surface area contributed by atoms with Crippen LogP contribution in [-0.2, 0) is 14.4 Å². The van der Waals surface area contributed by atoms with E-state index in [9.17, 15) is 29.4 Å². The van der Waals surface area contributed by atoms with Crippen LogP contribution in [0.3, 0.4) is 0 Å². The predicted octanol–water partition coefficient (Wildman–Crippen LogP) is 8.57. The number of rotatable bonds is 6. The van der Waals surface area contributed by atoms with Crippen molar-refractivity contribution < 1.29 is 29.4 Å². The number of ketones is 4. The molecule has 7 atom stereocenters. The van der Waals surface area contributed by atoms with Gasteiger partial charge in [0.1, 0.15) is 5.75 Å².